The van der Waals surface area contributed by atoms with Gasteiger partial charge in [0.1, 0.15) is 0 Å². The summed E-state index contributed by atoms with van der Waals surface area (Å²) < 4.78 is 0. The molecule has 0 saturated heterocycles. The van der Waals surface area contributed by atoms with Crippen molar-refractivity contribution in [3.8, 4) is 0 Å². The number of carbonyl (C=O) groups excluding carboxylic acids is 1. The van der Waals surface area contributed by atoms with Crippen LogP contribution in [0.1, 0.15) is 34.3 Å². The van der Waals surface area contributed by atoms with Crippen LogP contribution in [-0.4, -0.2) is 23.2 Å². The molecule has 90 valence electrons. The molecule has 1 saturated carbocycles. The van der Waals surface area contributed by atoms with E-state index in [2.05, 4.69) is 10.6 Å². The molecule has 1 aromatic carbocycles. The molecule has 0 atom stereocenters. The van der Waals surface area contributed by atoms with Crippen LogP contribution in [0.3, 0.4) is 0 Å². The summed E-state index contributed by atoms with van der Waals surface area (Å²) in [7, 11) is 0. The van der Waals surface area contributed by atoms with Gasteiger partial charge in [-0.1, -0.05) is 6.07 Å². The summed E-state index contributed by atoms with van der Waals surface area (Å²) in [5.41, 5.74) is 3.21. The number of aliphatic hydroxyl groups excluding tert-OH is 1. The molecule has 3 N–H and O–H groups in total. The summed E-state index contributed by atoms with van der Waals surface area (Å²) in [5.74, 6) is -0.0309. The van der Waals surface area contributed by atoms with Gasteiger partial charge in [-0.3, -0.25) is 4.79 Å². The van der Waals surface area contributed by atoms with Crippen LogP contribution in [0.2, 0.25) is 0 Å². The van der Waals surface area contributed by atoms with E-state index in [-0.39, 0.29) is 18.1 Å². The predicted molar refractivity (Wildman–Crippen MR) is 63.5 cm³/mol. The average molecular weight is 232 g/mol. The molecule has 0 unspecified atom stereocenters. The molecule has 2 aliphatic rings. The number of rotatable bonds is 2. The zero-order valence-electron chi connectivity index (χ0n) is 9.57. The number of hydrogen-bond donors (Lipinski definition) is 3. The van der Waals surface area contributed by atoms with E-state index >= 15 is 0 Å². The summed E-state index contributed by atoms with van der Waals surface area (Å²) in [6.07, 6.45) is 1.13. The Morgan fingerprint density at radius 3 is 2.82 bits per heavy atom. The number of fused-ring (bicyclic) bond motifs is 1. The van der Waals surface area contributed by atoms with Gasteiger partial charge in [0.25, 0.3) is 5.91 Å². The van der Waals surface area contributed by atoms with E-state index in [9.17, 15) is 4.79 Å². The van der Waals surface area contributed by atoms with E-state index in [1.807, 2.05) is 18.2 Å². The molecule has 0 spiro atoms. The molecule has 1 amide bonds. The van der Waals surface area contributed by atoms with Crippen molar-refractivity contribution in [1.82, 2.24) is 10.6 Å². The van der Waals surface area contributed by atoms with E-state index in [0.29, 0.717) is 18.4 Å². The van der Waals surface area contributed by atoms with Crippen LogP contribution in [0.4, 0.5) is 0 Å². The monoisotopic (exact) mass is 232 g/mol. The van der Waals surface area contributed by atoms with E-state index in [1.165, 1.54) is 11.1 Å². The van der Waals surface area contributed by atoms with Crippen LogP contribution >= 0.6 is 0 Å². The zero-order chi connectivity index (χ0) is 11.8. The highest BCUT2D eigenvalue weighted by Crippen LogP contribution is 2.21. The van der Waals surface area contributed by atoms with Gasteiger partial charge in [-0.05, 0) is 36.1 Å². The first-order valence-corrected chi connectivity index (χ1v) is 6.04. The van der Waals surface area contributed by atoms with Crippen molar-refractivity contribution in [2.75, 3.05) is 0 Å². The molecule has 1 fully saturated rings. The minimum absolute atomic E-state index is 0.0309. The van der Waals surface area contributed by atoms with Gasteiger partial charge >= 0.3 is 0 Å². The lowest BCUT2D eigenvalue weighted by atomic mass is 9.89. The standard InChI is InChI=1S/C13H16N2O2/c16-12-4-11(5-12)15-13(17)8-1-2-9-6-14-7-10(9)3-8/h1-3,11-12,14,16H,4-7H2,(H,15,17). The maximum Gasteiger partial charge on any atom is 0.251 e. The molecule has 3 rings (SSSR count). The molecule has 1 aromatic rings. The molecule has 4 nitrogen and oxygen atoms in total. The number of amides is 1. The fourth-order valence-electron chi connectivity index (χ4n) is 2.41. The maximum atomic E-state index is 11.9. The summed E-state index contributed by atoms with van der Waals surface area (Å²) in [4.78, 5) is 11.9. The van der Waals surface area contributed by atoms with Crippen LogP contribution in [0.5, 0.6) is 0 Å². The topological polar surface area (TPSA) is 61.4 Å². The quantitative estimate of drug-likeness (QED) is 0.697. The second-order valence-electron chi connectivity index (χ2n) is 4.88. The third-order valence-corrected chi connectivity index (χ3v) is 3.55. The zero-order valence-corrected chi connectivity index (χ0v) is 9.57. The van der Waals surface area contributed by atoms with Gasteiger partial charge in [0, 0.05) is 24.7 Å². The van der Waals surface area contributed by atoms with Crippen molar-refractivity contribution in [1.29, 1.82) is 0 Å². The van der Waals surface area contributed by atoms with Crippen LogP contribution < -0.4 is 10.6 Å². The van der Waals surface area contributed by atoms with Crippen LogP contribution in [0.15, 0.2) is 18.2 Å². The highest BCUT2D eigenvalue weighted by molar-refractivity contribution is 5.94. The van der Waals surface area contributed by atoms with Gasteiger partial charge in [-0.25, -0.2) is 0 Å². The number of carbonyl (C=O) groups is 1. The highest BCUT2D eigenvalue weighted by Gasteiger charge is 2.28. The van der Waals surface area contributed by atoms with Gasteiger partial charge in [-0.2, -0.15) is 0 Å². The number of benzene rings is 1. The second-order valence-corrected chi connectivity index (χ2v) is 4.88. The predicted octanol–water partition coefficient (Wildman–Crippen LogP) is 0.543. The number of nitrogens with one attached hydrogen (secondary N) is 2. The van der Waals surface area contributed by atoms with Crippen molar-refractivity contribution >= 4 is 5.91 Å². The van der Waals surface area contributed by atoms with Crippen LogP contribution in [0.25, 0.3) is 0 Å². The Morgan fingerprint density at radius 1 is 1.29 bits per heavy atom. The summed E-state index contributed by atoms with van der Waals surface area (Å²) in [6.45, 7) is 1.74. The van der Waals surface area contributed by atoms with Gasteiger partial charge in [-0.15, -0.1) is 0 Å². The second kappa shape index (κ2) is 4.13. The van der Waals surface area contributed by atoms with Crippen molar-refractivity contribution < 1.29 is 9.90 Å². The van der Waals surface area contributed by atoms with Crippen molar-refractivity contribution in [2.24, 2.45) is 0 Å². The normalized spacial score (nSPS) is 26.2. The largest absolute Gasteiger partial charge is 0.393 e. The molecule has 0 aromatic heterocycles. The maximum absolute atomic E-state index is 11.9. The summed E-state index contributed by atoms with van der Waals surface area (Å²) in [5, 5.41) is 15.4. The lowest BCUT2D eigenvalue weighted by Crippen LogP contribution is -2.46. The first-order valence-electron chi connectivity index (χ1n) is 6.04. The van der Waals surface area contributed by atoms with E-state index in [4.69, 9.17) is 5.11 Å². The molecule has 0 bridgehead atoms. The fraction of sp³-hybridized carbons (Fsp3) is 0.462. The van der Waals surface area contributed by atoms with Gasteiger partial charge in [0.2, 0.25) is 0 Å². The van der Waals surface area contributed by atoms with Crippen LogP contribution in [0, 0.1) is 0 Å². The first kappa shape index (κ1) is 10.7. The van der Waals surface area contributed by atoms with E-state index in [1.54, 1.807) is 0 Å². The van der Waals surface area contributed by atoms with Gasteiger partial charge < -0.3 is 15.7 Å². The number of aliphatic hydroxyl groups is 1. The Hall–Kier alpha value is -1.39. The minimum Gasteiger partial charge on any atom is -0.393 e. The lowest BCUT2D eigenvalue weighted by molar-refractivity contribution is 0.0562. The Bertz CT molecular complexity index is 453. The van der Waals surface area contributed by atoms with Crippen LogP contribution in [-0.2, 0) is 13.1 Å². The Morgan fingerprint density at radius 2 is 2.06 bits per heavy atom. The Balaban J connectivity index is 1.69. The summed E-state index contributed by atoms with van der Waals surface area (Å²) >= 11 is 0. The molecule has 1 heterocycles. The van der Waals surface area contributed by atoms with E-state index < -0.39 is 0 Å². The van der Waals surface area contributed by atoms with Crippen molar-refractivity contribution in [3.05, 3.63) is 34.9 Å². The smallest absolute Gasteiger partial charge is 0.251 e. The SMILES string of the molecule is O=C(NC1CC(O)C1)c1ccc2c(c1)CNC2. The third-order valence-electron chi connectivity index (χ3n) is 3.55. The molecule has 4 heteroatoms. The lowest BCUT2D eigenvalue weighted by Gasteiger charge is -2.31. The van der Waals surface area contributed by atoms with Gasteiger partial charge in [0.05, 0.1) is 6.10 Å². The molecular weight excluding hydrogens is 216 g/mol. The number of hydrogen-bond acceptors (Lipinski definition) is 3. The third kappa shape index (κ3) is 2.06. The first-order chi connectivity index (χ1) is 8.22. The molecular formula is C13H16N2O2. The summed E-state index contributed by atoms with van der Waals surface area (Å²) in [6, 6.07) is 5.99. The Kier molecular flexibility index (Phi) is 2.61. The molecule has 17 heavy (non-hydrogen) atoms. The highest BCUT2D eigenvalue weighted by atomic mass is 16.3. The van der Waals surface area contributed by atoms with Crippen molar-refractivity contribution in [3.63, 3.8) is 0 Å². The van der Waals surface area contributed by atoms with Crippen molar-refractivity contribution in [2.45, 2.75) is 38.1 Å². The Labute approximate surface area is 100 Å². The molecule has 1 aliphatic heterocycles. The minimum atomic E-state index is -0.232. The molecule has 0 radical (unpaired) electrons. The van der Waals surface area contributed by atoms with E-state index in [0.717, 1.165) is 13.1 Å². The molecule has 1 aliphatic carbocycles. The van der Waals surface area contributed by atoms with Gasteiger partial charge in [0.15, 0.2) is 0 Å². The fourth-order valence-corrected chi connectivity index (χ4v) is 2.41. The average Bonchev–Trinajstić information content (AvgIpc) is 2.73.